The predicted octanol–water partition coefficient (Wildman–Crippen LogP) is 1.96. The van der Waals surface area contributed by atoms with Crippen molar-refractivity contribution in [1.29, 1.82) is 0 Å². The fourth-order valence-electron chi connectivity index (χ4n) is 4.12. The zero-order valence-corrected chi connectivity index (χ0v) is 12.1. The second-order valence-electron chi connectivity index (χ2n) is 6.80. The second kappa shape index (κ2) is 4.97. The standard InChI is InChI=1S/C16H21N3O2/c20-15(18-13-7-6-9-2-1-3-11(9)13)12-8-17-14(10-4-5-10)19-16(12)21/h8-11,13H,1-7H2,(H,18,20)(H,17,19,21)/t9-,11-,13-/m0/s1. The summed E-state index contributed by atoms with van der Waals surface area (Å²) in [5.74, 6) is 2.26. The van der Waals surface area contributed by atoms with E-state index in [-0.39, 0.29) is 23.1 Å². The Morgan fingerprint density at radius 1 is 1.19 bits per heavy atom. The smallest absolute Gasteiger partial charge is 0.263 e. The van der Waals surface area contributed by atoms with Crippen LogP contribution in [0.3, 0.4) is 0 Å². The van der Waals surface area contributed by atoms with Crippen LogP contribution in [-0.2, 0) is 0 Å². The van der Waals surface area contributed by atoms with Crippen LogP contribution in [0.25, 0.3) is 0 Å². The molecule has 5 nitrogen and oxygen atoms in total. The summed E-state index contributed by atoms with van der Waals surface area (Å²) in [7, 11) is 0. The molecular formula is C16H21N3O2. The number of fused-ring (bicyclic) bond motifs is 1. The van der Waals surface area contributed by atoms with Crippen LogP contribution in [0, 0.1) is 11.8 Å². The van der Waals surface area contributed by atoms with E-state index < -0.39 is 0 Å². The topological polar surface area (TPSA) is 74.8 Å². The van der Waals surface area contributed by atoms with Crippen LogP contribution in [0.15, 0.2) is 11.0 Å². The number of amides is 1. The van der Waals surface area contributed by atoms with Crippen LogP contribution >= 0.6 is 0 Å². The fourth-order valence-corrected chi connectivity index (χ4v) is 4.12. The molecule has 0 unspecified atom stereocenters. The molecule has 3 fully saturated rings. The Kier molecular flexibility index (Phi) is 3.08. The lowest BCUT2D eigenvalue weighted by molar-refractivity contribution is 0.0924. The maximum Gasteiger partial charge on any atom is 0.263 e. The van der Waals surface area contributed by atoms with Gasteiger partial charge < -0.3 is 10.3 Å². The Morgan fingerprint density at radius 2 is 2.05 bits per heavy atom. The van der Waals surface area contributed by atoms with E-state index in [1.807, 2.05) is 0 Å². The van der Waals surface area contributed by atoms with Gasteiger partial charge in [0.15, 0.2) is 0 Å². The third-order valence-corrected chi connectivity index (χ3v) is 5.43. The highest BCUT2D eigenvalue weighted by Crippen LogP contribution is 2.44. The summed E-state index contributed by atoms with van der Waals surface area (Å²) in [6, 6.07) is 0.243. The molecule has 3 saturated carbocycles. The molecule has 0 bridgehead atoms. The number of aromatic nitrogens is 2. The van der Waals surface area contributed by atoms with Crippen molar-refractivity contribution in [3.05, 3.63) is 27.9 Å². The molecule has 0 aromatic carbocycles. The van der Waals surface area contributed by atoms with Crippen LogP contribution in [0.1, 0.15) is 67.0 Å². The van der Waals surface area contributed by atoms with Crippen LogP contribution < -0.4 is 10.9 Å². The molecule has 0 aliphatic heterocycles. The molecule has 1 aromatic rings. The lowest BCUT2D eigenvalue weighted by atomic mass is 9.97. The molecule has 3 aliphatic carbocycles. The highest BCUT2D eigenvalue weighted by Gasteiger charge is 2.39. The van der Waals surface area contributed by atoms with E-state index in [9.17, 15) is 9.59 Å². The number of hydrogen-bond donors (Lipinski definition) is 2. The summed E-state index contributed by atoms with van der Waals surface area (Å²) in [4.78, 5) is 31.4. The van der Waals surface area contributed by atoms with Gasteiger partial charge in [0.2, 0.25) is 0 Å². The molecule has 4 rings (SSSR count). The summed E-state index contributed by atoms with van der Waals surface area (Å²) >= 11 is 0. The van der Waals surface area contributed by atoms with Crippen LogP contribution in [-0.4, -0.2) is 21.9 Å². The molecule has 0 spiro atoms. The predicted molar refractivity (Wildman–Crippen MR) is 78.2 cm³/mol. The van der Waals surface area contributed by atoms with Gasteiger partial charge in [0.05, 0.1) is 0 Å². The number of rotatable bonds is 3. The number of nitrogens with one attached hydrogen (secondary N) is 2. The SMILES string of the molecule is O=C(N[C@H]1CC[C@@H]2CCC[C@@H]21)c1cnc(C2CC2)[nH]c1=O. The van der Waals surface area contributed by atoms with E-state index in [4.69, 9.17) is 0 Å². The zero-order chi connectivity index (χ0) is 14.4. The molecule has 0 radical (unpaired) electrons. The normalized spacial score (nSPS) is 31.1. The van der Waals surface area contributed by atoms with Gasteiger partial charge in [-0.15, -0.1) is 0 Å². The highest BCUT2D eigenvalue weighted by molar-refractivity contribution is 5.93. The Labute approximate surface area is 123 Å². The lowest BCUT2D eigenvalue weighted by Crippen LogP contribution is -2.40. The molecule has 3 atom stereocenters. The molecular weight excluding hydrogens is 266 g/mol. The number of carbonyl (C=O) groups is 1. The van der Waals surface area contributed by atoms with Crippen LogP contribution in [0.2, 0.25) is 0 Å². The van der Waals surface area contributed by atoms with Crippen molar-refractivity contribution in [2.75, 3.05) is 0 Å². The van der Waals surface area contributed by atoms with Gasteiger partial charge in [0.1, 0.15) is 11.4 Å². The number of carbonyl (C=O) groups excluding carboxylic acids is 1. The number of aromatic amines is 1. The number of nitrogens with zero attached hydrogens (tertiary/aromatic N) is 1. The van der Waals surface area contributed by atoms with Crippen molar-refractivity contribution in [2.24, 2.45) is 11.8 Å². The van der Waals surface area contributed by atoms with Crippen molar-refractivity contribution in [2.45, 2.75) is 56.9 Å². The molecule has 5 heteroatoms. The first kappa shape index (κ1) is 13.0. The average Bonchev–Trinajstić information content (AvgIpc) is 3.10. The molecule has 2 N–H and O–H groups in total. The quantitative estimate of drug-likeness (QED) is 0.892. The van der Waals surface area contributed by atoms with Crippen molar-refractivity contribution in [1.82, 2.24) is 15.3 Å². The van der Waals surface area contributed by atoms with Gasteiger partial charge in [-0.05, 0) is 43.9 Å². The molecule has 0 saturated heterocycles. The van der Waals surface area contributed by atoms with E-state index in [2.05, 4.69) is 15.3 Å². The summed E-state index contributed by atoms with van der Waals surface area (Å²) in [5.41, 5.74) is -0.147. The Balaban J connectivity index is 1.48. The number of hydrogen-bond acceptors (Lipinski definition) is 3. The van der Waals surface area contributed by atoms with Gasteiger partial charge in [0.25, 0.3) is 11.5 Å². The minimum Gasteiger partial charge on any atom is -0.349 e. The second-order valence-corrected chi connectivity index (χ2v) is 6.80. The van der Waals surface area contributed by atoms with Crippen LogP contribution in [0.4, 0.5) is 0 Å². The van der Waals surface area contributed by atoms with Crippen molar-refractivity contribution in [3.8, 4) is 0 Å². The number of H-pyrrole nitrogens is 1. The summed E-state index contributed by atoms with van der Waals surface area (Å²) in [6.45, 7) is 0. The Morgan fingerprint density at radius 3 is 2.81 bits per heavy atom. The van der Waals surface area contributed by atoms with E-state index in [1.54, 1.807) is 0 Å². The van der Waals surface area contributed by atoms with E-state index in [1.165, 1.54) is 31.9 Å². The summed E-state index contributed by atoms with van der Waals surface area (Å²) in [6.07, 6.45) is 9.67. The molecule has 1 aromatic heterocycles. The van der Waals surface area contributed by atoms with E-state index in [0.717, 1.165) is 31.0 Å². The van der Waals surface area contributed by atoms with Gasteiger partial charge in [-0.3, -0.25) is 9.59 Å². The first-order valence-electron chi connectivity index (χ1n) is 8.12. The molecule has 1 heterocycles. The van der Waals surface area contributed by atoms with Gasteiger partial charge in [0, 0.05) is 18.2 Å². The van der Waals surface area contributed by atoms with Gasteiger partial charge in [-0.2, -0.15) is 0 Å². The minimum absolute atomic E-state index is 0.154. The molecule has 3 aliphatic rings. The first-order chi connectivity index (χ1) is 10.2. The first-order valence-corrected chi connectivity index (χ1v) is 8.12. The van der Waals surface area contributed by atoms with Gasteiger partial charge in [-0.25, -0.2) is 4.98 Å². The largest absolute Gasteiger partial charge is 0.349 e. The van der Waals surface area contributed by atoms with Crippen LogP contribution in [0.5, 0.6) is 0 Å². The Bertz CT molecular complexity index is 620. The summed E-state index contributed by atoms with van der Waals surface area (Å²) < 4.78 is 0. The molecule has 112 valence electrons. The monoisotopic (exact) mass is 287 g/mol. The minimum atomic E-state index is -0.301. The average molecular weight is 287 g/mol. The van der Waals surface area contributed by atoms with Gasteiger partial charge in [-0.1, -0.05) is 12.8 Å². The molecule has 21 heavy (non-hydrogen) atoms. The zero-order valence-electron chi connectivity index (χ0n) is 12.1. The lowest BCUT2D eigenvalue weighted by Gasteiger charge is -2.19. The maximum atomic E-state index is 12.3. The van der Waals surface area contributed by atoms with Gasteiger partial charge >= 0.3 is 0 Å². The maximum absolute atomic E-state index is 12.3. The Hall–Kier alpha value is -1.65. The highest BCUT2D eigenvalue weighted by atomic mass is 16.2. The summed E-state index contributed by atoms with van der Waals surface area (Å²) in [5, 5.41) is 3.07. The van der Waals surface area contributed by atoms with E-state index >= 15 is 0 Å². The fraction of sp³-hybridized carbons (Fsp3) is 0.688. The van der Waals surface area contributed by atoms with Crippen molar-refractivity contribution < 1.29 is 4.79 Å². The third-order valence-electron chi connectivity index (χ3n) is 5.43. The van der Waals surface area contributed by atoms with Crippen molar-refractivity contribution >= 4 is 5.91 Å². The molecule has 1 amide bonds. The third kappa shape index (κ3) is 2.39. The van der Waals surface area contributed by atoms with E-state index in [0.29, 0.717) is 11.8 Å². The van der Waals surface area contributed by atoms with Crippen molar-refractivity contribution in [3.63, 3.8) is 0 Å².